The minimum absolute atomic E-state index is 1.15. The van der Waals surface area contributed by atoms with Crippen molar-refractivity contribution in [2.45, 2.75) is 19.8 Å². The molecule has 1 rings (SSSR count). The van der Waals surface area contributed by atoms with Gasteiger partial charge in [-0.2, -0.15) is 0 Å². The molecule has 1 aliphatic rings. The highest BCUT2D eigenvalue weighted by Crippen LogP contribution is 2.02. The fourth-order valence-corrected chi connectivity index (χ4v) is 2.03. The summed E-state index contributed by atoms with van der Waals surface area (Å²) < 4.78 is 0. The molecule has 0 unspecified atom stereocenters. The van der Waals surface area contributed by atoms with Gasteiger partial charge < -0.3 is 15.1 Å². The van der Waals surface area contributed by atoms with Crippen molar-refractivity contribution in [3.63, 3.8) is 0 Å². The molecule has 3 heteroatoms. The summed E-state index contributed by atoms with van der Waals surface area (Å²) in [7, 11) is 2.03. The van der Waals surface area contributed by atoms with Crippen LogP contribution in [-0.2, 0) is 0 Å². The Morgan fingerprint density at radius 1 is 1.00 bits per heavy atom. The second-order valence-corrected chi connectivity index (χ2v) is 4.14. The molecule has 1 fully saturated rings. The quantitative estimate of drug-likeness (QED) is 0.633. The molecule has 3 nitrogen and oxygen atoms in total. The van der Waals surface area contributed by atoms with Crippen molar-refractivity contribution >= 4 is 0 Å². The van der Waals surface area contributed by atoms with Gasteiger partial charge in [0.1, 0.15) is 0 Å². The summed E-state index contributed by atoms with van der Waals surface area (Å²) in [6, 6.07) is 0. The Morgan fingerprint density at radius 3 is 2.07 bits per heavy atom. The first-order valence-corrected chi connectivity index (χ1v) is 5.96. The van der Waals surface area contributed by atoms with Crippen molar-refractivity contribution in [2.75, 3.05) is 52.9 Å². The molecule has 0 aromatic carbocycles. The molecule has 1 heterocycles. The molecule has 0 aromatic rings. The molecule has 0 atom stereocenters. The van der Waals surface area contributed by atoms with Crippen LogP contribution < -0.4 is 5.32 Å². The Kier molecular flexibility index (Phi) is 6.15. The first-order chi connectivity index (χ1) is 6.86. The van der Waals surface area contributed by atoms with Gasteiger partial charge in [0.15, 0.2) is 0 Å². The monoisotopic (exact) mass is 199 g/mol. The number of hydrogen-bond donors (Lipinski definition) is 1. The van der Waals surface area contributed by atoms with Gasteiger partial charge in [0.2, 0.25) is 0 Å². The molecule has 0 aromatic heterocycles. The largest absolute Gasteiger partial charge is 0.320 e. The van der Waals surface area contributed by atoms with Crippen molar-refractivity contribution < 1.29 is 0 Å². The summed E-state index contributed by atoms with van der Waals surface area (Å²) >= 11 is 0. The lowest BCUT2D eigenvalue weighted by Crippen LogP contribution is -2.46. The Bertz CT molecular complexity index is 130. The van der Waals surface area contributed by atoms with Gasteiger partial charge in [-0.15, -0.1) is 0 Å². The van der Waals surface area contributed by atoms with E-state index in [9.17, 15) is 0 Å². The fourth-order valence-electron chi connectivity index (χ4n) is 2.03. The number of piperazine rings is 1. The van der Waals surface area contributed by atoms with E-state index in [2.05, 4.69) is 22.0 Å². The molecule has 1 aliphatic heterocycles. The summed E-state index contributed by atoms with van der Waals surface area (Å²) in [6.45, 7) is 11.0. The Balaban J connectivity index is 2.03. The highest BCUT2D eigenvalue weighted by molar-refractivity contribution is 4.71. The summed E-state index contributed by atoms with van der Waals surface area (Å²) in [5.41, 5.74) is 0. The summed E-state index contributed by atoms with van der Waals surface area (Å²) in [5, 5.41) is 3.20. The molecule has 84 valence electrons. The Morgan fingerprint density at radius 2 is 1.57 bits per heavy atom. The molecule has 0 radical (unpaired) electrons. The van der Waals surface area contributed by atoms with Gasteiger partial charge in [-0.25, -0.2) is 0 Å². The van der Waals surface area contributed by atoms with E-state index in [1.165, 1.54) is 52.1 Å². The van der Waals surface area contributed by atoms with Crippen LogP contribution in [0.5, 0.6) is 0 Å². The van der Waals surface area contributed by atoms with Gasteiger partial charge in [0.05, 0.1) is 0 Å². The van der Waals surface area contributed by atoms with E-state index in [0.717, 1.165) is 6.54 Å². The minimum Gasteiger partial charge on any atom is -0.320 e. The van der Waals surface area contributed by atoms with Gasteiger partial charge in [-0.1, -0.05) is 6.92 Å². The zero-order valence-corrected chi connectivity index (χ0v) is 9.76. The maximum absolute atomic E-state index is 3.20. The van der Waals surface area contributed by atoms with Crippen molar-refractivity contribution in [2.24, 2.45) is 0 Å². The van der Waals surface area contributed by atoms with Crippen LogP contribution in [0.1, 0.15) is 19.8 Å². The Hall–Kier alpha value is -0.120. The van der Waals surface area contributed by atoms with Crippen molar-refractivity contribution in [1.29, 1.82) is 0 Å². The molecular formula is C11H25N3. The van der Waals surface area contributed by atoms with Crippen LogP contribution in [0.3, 0.4) is 0 Å². The van der Waals surface area contributed by atoms with E-state index in [4.69, 9.17) is 0 Å². The average molecular weight is 199 g/mol. The summed E-state index contributed by atoms with van der Waals surface area (Å²) in [5.74, 6) is 0. The number of rotatable bonds is 6. The van der Waals surface area contributed by atoms with E-state index in [1.807, 2.05) is 7.05 Å². The molecule has 14 heavy (non-hydrogen) atoms. The molecule has 1 N–H and O–H groups in total. The van der Waals surface area contributed by atoms with Gasteiger partial charge in [-0.05, 0) is 39.5 Å². The van der Waals surface area contributed by atoms with Crippen LogP contribution in [0.25, 0.3) is 0 Å². The smallest absolute Gasteiger partial charge is 0.0110 e. The van der Waals surface area contributed by atoms with Gasteiger partial charge in [0, 0.05) is 26.2 Å². The molecule has 0 spiro atoms. The maximum Gasteiger partial charge on any atom is 0.0110 e. The van der Waals surface area contributed by atoms with Crippen LogP contribution in [0, 0.1) is 0 Å². The molecule has 0 saturated carbocycles. The summed E-state index contributed by atoms with van der Waals surface area (Å²) in [4.78, 5) is 5.16. The van der Waals surface area contributed by atoms with Crippen LogP contribution in [0.2, 0.25) is 0 Å². The third-order valence-corrected chi connectivity index (χ3v) is 2.91. The van der Waals surface area contributed by atoms with Gasteiger partial charge >= 0.3 is 0 Å². The Labute approximate surface area is 88.5 Å². The SMILES string of the molecule is CCCN1CCN(CCCNC)CC1. The topological polar surface area (TPSA) is 18.5 Å². The van der Waals surface area contributed by atoms with E-state index in [-0.39, 0.29) is 0 Å². The summed E-state index contributed by atoms with van der Waals surface area (Å²) in [6.07, 6.45) is 2.57. The van der Waals surface area contributed by atoms with Crippen molar-refractivity contribution in [1.82, 2.24) is 15.1 Å². The van der Waals surface area contributed by atoms with Crippen LogP contribution in [0.15, 0.2) is 0 Å². The predicted octanol–water partition coefficient (Wildman–Crippen LogP) is 0.624. The highest BCUT2D eigenvalue weighted by atomic mass is 15.3. The van der Waals surface area contributed by atoms with E-state index in [1.54, 1.807) is 0 Å². The number of nitrogens with one attached hydrogen (secondary N) is 1. The molecule has 0 bridgehead atoms. The molecular weight excluding hydrogens is 174 g/mol. The van der Waals surface area contributed by atoms with Gasteiger partial charge in [0.25, 0.3) is 0 Å². The number of nitrogens with zero attached hydrogens (tertiary/aromatic N) is 2. The highest BCUT2D eigenvalue weighted by Gasteiger charge is 2.14. The van der Waals surface area contributed by atoms with Crippen molar-refractivity contribution in [3.05, 3.63) is 0 Å². The third-order valence-electron chi connectivity index (χ3n) is 2.91. The minimum atomic E-state index is 1.15. The van der Waals surface area contributed by atoms with E-state index < -0.39 is 0 Å². The lowest BCUT2D eigenvalue weighted by atomic mass is 10.2. The van der Waals surface area contributed by atoms with Crippen LogP contribution in [0.4, 0.5) is 0 Å². The van der Waals surface area contributed by atoms with E-state index in [0.29, 0.717) is 0 Å². The second kappa shape index (κ2) is 7.21. The number of hydrogen-bond acceptors (Lipinski definition) is 3. The zero-order valence-electron chi connectivity index (χ0n) is 9.76. The third kappa shape index (κ3) is 4.40. The first kappa shape index (κ1) is 12.0. The normalized spacial score (nSPS) is 20.1. The predicted molar refractivity (Wildman–Crippen MR) is 61.7 cm³/mol. The zero-order chi connectivity index (χ0) is 10.2. The lowest BCUT2D eigenvalue weighted by Gasteiger charge is -2.34. The van der Waals surface area contributed by atoms with Crippen LogP contribution in [-0.4, -0.2) is 62.7 Å². The second-order valence-electron chi connectivity index (χ2n) is 4.14. The molecule has 1 saturated heterocycles. The van der Waals surface area contributed by atoms with E-state index >= 15 is 0 Å². The van der Waals surface area contributed by atoms with Crippen molar-refractivity contribution in [3.8, 4) is 0 Å². The maximum atomic E-state index is 3.20. The first-order valence-electron chi connectivity index (χ1n) is 5.96. The lowest BCUT2D eigenvalue weighted by molar-refractivity contribution is 0.131. The average Bonchev–Trinajstić information content (AvgIpc) is 2.21. The fraction of sp³-hybridized carbons (Fsp3) is 1.00. The van der Waals surface area contributed by atoms with Crippen LogP contribution >= 0.6 is 0 Å². The molecule has 0 aliphatic carbocycles. The standard InChI is InChI=1S/C11H25N3/c1-3-6-13-8-10-14(11-9-13)7-4-5-12-2/h12H,3-11H2,1-2H3. The van der Waals surface area contributed by atoms with Gasteiger partial charge in [-0.3, -0.25) is 0 Å². The molecule has 0 amide bonds.